The number of hydrogen-bond acceptors (Lipinski definition) is 9. The Labute approximate surface area is 258 Å². The molecule has 0 saturated carbocycles. The van der Waals surface area contributed by atoms with Crippen molar-refractivity contribution in [1.29, 1.82) is 0 Å². The van der Waals surface area contributed by atoms with Gasteiger partial charge < -0.3 is 19.5 Å². The van der Waals surface area contributed by atoms with Crippen molar-refractivity contribution in [3.8, 4) is 17.2 Å². The molecule has 13 heteroatoms. The van der Waals surface area contributed by atoms with Crippen molar-refractivity contribution in [3.05, 3.63) is 134 Å². The number of halogens is 1. The summed E-state index contributed by atoms with van der Waals surface area (Å²) in [4.78, 5) is 49.7. The molecule has 1 heterocycles. The zero-order valence-corrected chi connectivity index (χ0v) is 24.1. The maximum absolute atomic E-state index is 13.3. The van der Waals surface area contributed by atoms with E-state index in [2.05, 4.69) is 31.8 Å². The van der Waals surface area contributed by atoms with Gasteiger partial charge in [0.2, 0.25) is 6.79 Å². The smallest absolute Gasteiger partial charge is 0.343 e. The lowest BCUT2D eigenvalue weighted by atomic mass is 10.1. The third-order valence-electron chi connectivity index (χ3n) is 6.08. The number of esters is 1. The highest BCUT2D eigenvalue weighted by Crippen LogP contribution is 2.34. The Morgan fingerprint density at radius 1 is 0.909 bits per heavy atom. The molecular weight excluding hydrogens is 636 g/mol. The highest BCUT2D eigenvalue weighted by molar-refractivity contribution is 9.10. The van der Waals surface area contributed by atoms with Crippen LogP contribution in [0.2, 0.25) is 0 Å². The van der Waals surface area contributed by atoms with Crippen LogP contribution in [0.1, 0.15) is 31.8 Å². The molecule has 0 atom stereocenters. The van der Waals surface area contributed by atoms with Gasteiger partial charge in [-0.1, -0.05) is 42.5 Å². The van der Waals surface area contributed by atoms with Crippen molar-refractivity contribution in [2.45, 2.75) is 0 Å². The van der Waals surface area contributed by atoms with Gasteiger partial charge in [0.15, 0.2) is 17.2 Å². The Bertz CT molecular complexity index is 1810. The first-order valence-corrected chi connectivity index (χ1v) is 13.6. The topological polar surface area (TPSA) is 158 Å². The number of ether oxygens (including phenoxy) is 3. The minimum absolute atomic E-state index is 0.0188. The van der Waals surface area contributed by atoms with Crippen LogP contribution in [0.15, 0.2) is 106 Å². The van der Waals surface area contributed by atoms with Gasteiger partial charge in [0.05, 0.1) is 21.2 Å². The van der Waals surface area contributed by atoms with E-state index >= 15 is 0 Å². The largest absolute Gasteiger partial charge is 0.454 e. The van der Waals surface area contributed by atoms with Crippen molar-refractivity contribution in [3.63, 3.8) is 0 Å². The van der Waals surface area contributed by atoms with Crippen LogP contribution in [-0.2, 0) is 4.79 Å². The number of benzene rings is 4. The molecule has 0 aliphatic carbocycles. The van der Waals surface area contributed by atoms with E-state index in [1.54, 1.807) is 78.9 Å². The molecule has 44 heavy (non-hydrogen) atoms. The molecule has 0 radical (unpaired) electrons. The van der Waals surface area contributed by atoms with E-state index in [1.807, 2.05) is 0 Å². The van der Waals surface area contributed by atoms with Crippen LogP contribution >= 0.6 is 15.9 Å². The Balaban J connectivity index is 1.42. The second-order valence-electron chi connectivity index (χ2n) is 9.05. The summed E-state index contributed by atoms with van der Waals surface area (Å²) in [5, 5.41) is 18.0. The fourth-order valence-electron chi connectivity index (χ4n) is 3.97. The number of hydrogen-bond donors (Lipinski definition) is 2. The van der Waals surface area contributed by atoms with Crippen molar-refractivity contribution in [1.82, 2.24) is 10.7 Å². The number of fused-ring (bicyclic) bond motifs is 1. The lowest BCUT2D eigenvalue weighted by Crippen LogP contribution is -2.32. The maximum atomic E-state index is 13.3. The molecule has 0 unspecified atom stereocenters. The number of amides is 2. The van der Waals surface area contributed by atoms with Crippen LogP contribution in [0.3, 0.4) is 0 Å². The first-order valence-electron chi connectivity index (χ1n) is 12.8. The third-order valence-corrected chi connectivity index (χ3v) is 6.67. The molecule has 0 saturated heterocycles. The summed E-state index contributed by atoms with van der Waals surface area (Å²) < 4.78 is 16.4. The van der Waals surface area contributed by atoms with E-state index < -0.39 is 22.7 Å². The number of nitrogens with one attached hydrogen (secondary N) is 2. The van der Waals surface area contributed by atoms with E-state index in [-0.39, 0.29) is 39.5 Å². The molecular formula is C31H21BrN4O8. The van der Waals surface area contributed by atoms with E-state index in [0.717, 1.165) is 12.3 Å². The SMILES string of the molecule is O=C(N/N=C/c1cc([N+](=O)[O-])cc(Br)c1OC(=O)c1ccccc1)/C(=C/c1ccc2c(c1)OCO2)NC(=O)c1ccccc1. The van der Waals surface area contributed by atoms with Gasteiger partial charge in [0.1, 0.15) is 5.70 Å². The molecule has 220 valence electrons. The molecule has 0 spiro atoms. The van der Waals surface area contributed by atoms with E-state index in [1.165, 1.54) is 12.1 Å². The second-order valence-corrected chi connectivity index (χ2v) is 9.90. The quantitative estimate of drug-likeness (QED) is 0.0619. The predicted molar refractivity (Wildman–Crippen MR) is 162 cm³/mol. The number of carbonyl (C=O) groups excluding carboxylic acids is 3. The number of carbonyl (C=O) groups is 3. The van der Waals surface area contributed by atoms with Crippen molar-refractivity contribution in [2.24, 2.45) is 5.10 Å². The molecule has 0 aromatic heterocycles. The van der Waals surface area contributed by atoms with Crippen molar-refractivity contribution < 1.29 is 33.5 Å². The normalized spacial score (nSPS) is 12.1. The summed E-state index contributed by atoms with van der Waals surface area (Å²) in [5.74, 6) is -1.12. The van der Waals surface area contributed by atoms with Gasteiger partial charge in [-0.05, 0) is 64.0 Å². The van der Waals surface area contributed by atoms with Gasteiger partial charge in [-0.15, -0.1) is 0 Å². The minimum Gasteiger partial charge on any atom is -0.454 e. The van der Waals surface area contributed by atoms with Crippen LogP contribution < -0.4 is 25.0 Å². The molecule has 12 nitrogen and oxygen atoms in total. The predicted octanol–water partition coefficient (Wildman–Crippen LogP) is 5.23. The molecule has 2 N–H and O–H groups in total. The van der Waals surface area contributed by atoms with E-state index in [4.69, 9.17) is 14.2 Å². The van der Waals surface area contributed by atoms with Gasteiger partial charge in [-0.2, -0.15) is 5.10 Å². The number of nitrogens with zero attached hydrogens (tertiary/aromatic N) is 2. The van der Waals surface area contributed by atoms with Crippen LogP contribution in [0, 0.1) is 10.1 Å². The summed E-state index contributed by atoms with van der Waals surface area (Å²) in [6, 6.07) is 23.7. The standard InChI is InChI=1S/C31H21BrN4O8/c32-24-16-23(36(40)41)15-22(28(24)44-31(39)21-9-5-2-6-10-21)17-33-35-30(38)25(34-29(37)20-7-3-1-4-8-20)13-19-11-12-26-27(14-19)43-18-42-26/h1-17H,18H2,(H,34,37)(H,35,38)/b25-13-,33-17+. The lowest BCUT2D eigenvalue weighted by molar-refractivity contribution is -0.385. The van der Waals surface area contributed by atoms with Crippen LogP contribution in [0.4, 0.5) is 5.69 Å². The first-order chi connectivity index (χ1) is 21.3. The molecule has 4 aromatic carbocycles. The summed E-state index contributed by atoms with van der Waals surface area (Å²) >= 11 is 3.21. The number of rotatable bonds is 9. The zero-order valence-electron chi connectivity index (χ0n) is 22.6. The number of hydrazone groups is 1. The van der Waals surface area contributed by atoms with E-state index in [9.17, 15) is 24.5 Å². The summed E-state index contributed by atoms with van der Waals surface area (Å²) in [6.07, 6.45) is 2.51. The fraction of sp³-hybridized carbons (Fsp3) is 0.0323. The molecule has 0 fully saturated rings. The number of nitro benzene ring substituents is 1. The fourth-order valence-corrected chi connectivity index (χ4v) is 4.51. The summed E-state index contributed by atoms with van der Waals surface area (Å²) in [5.41, 5.74) is 2.93. The van der Waals surface area contributed by atoms with Crippen LogP contribution in [0.25, 0.3) is 6.08 Å². The second kappa shape index (κ2) is 13.4. The molecule has 1 aliphatic heterocycles. The van der Waals surface area contributed by atoms with Crippen LogP contribution in [-0.4, -0.2) is 35.7 Å². The first kappa shape index (κ1) is 29.7. The molecule has 4 aromatic rings. The monoisotopic (exact) mass is 656 g/mol. The average Bonchev–Trinajstić information content (AvgIpc) is 3.50. The lowest BCUT2D eigenvalue weighted by Gasteiger charge is -2.11. The summed E-state index contributed by atoms with van der Waals surface area (Å²) in [7, 11) is 0. The Morgan fingerprint density at radius 2 is 1.59 bits per heavy atom. The maximum Gasteiger partial charge on any atom is 0.343 e. The van der Waals surface area contributed by atoms with Gasteiger partial charge in [0, 0.05) is 23.3 Å². The van der Waals surface area contributed by atoms with Gasteiger partial charge in [-0.25, -0.2) is 10.2 Å². The highest BCUT2D eigenvalue weighted by Gasteiger charge is 2.20. The Hall–Kier alpha value is -5.82. The average molecular weight is 657 g/mol. The Kier molecular flexibility index (Phi) is 9.06. The van der Waals surface area contributed by atoms with Gasteiger partial charge in [0.25, 0.3) is 17.5 Å². The molecule has 5 rings (SSSR count). The van der Waals surface area contributed by atoms with Gasteiger partial charge >= 0.3 is 5.97 Å². The van der Waals surface area contributed by atoms with Crippen LogP contribution in [0.5, 0.6) is 17.2 Å². The molecule has 2 amide bonds. The van der Waals surface area contributed by atoms with Crippen molar-refractivity contribution >= 4 is 51.7 Å². The molecule has 1 aliphatic rings. The number of nitro groups is 1. The van der Waals surface area contributed by atoms with E-state index in [0.29, 0.717) is 22.6 Å². The minimum atomic E-state index is -0.810. The van der Waals surface area contributed by atoms with Crippen molar-refractivity contribution in [2.75, 3.05) is 6.79 Å². The summed E-state index contributed by atoms with van der Waals surface area (Å²) in [6.45, 7) is 0.0612. The van der Waals surface area contributed by atoms with Gasteiger partial charge in [-0.3, -0.25) is 19.7 Å². The Morgan fingerprint density at radius 3 is 2.30 bits per heavy atom. The number of non-ortho nitro benzene ring substituents is 1. The molecule has 0 bridgehead atoms. The zero-order chi connectivity index (χ0) is 31.1. The highest BCUT2D eigenvalue weighted by atomic mass is 79.9. The third kappa shape index (κ3) is 7.14.